The first kappa shape index (κ1) is 76.5. The van der Waals surface area contributed by atoms with Crippen molar-refractivity contribution < 1.29 is 42.1 Å². The normalized spacial score (nSPS) is 13.3. The topological polar surface area (TPSA) is 108 Å². The van der Waals surface area contributed by atoms with Gasteiger partial charge in [0.1, 0.15) is 19.8 Å². The van der Waals surface area contributed by atoms with Crippen LogP contribution in [0.5, 0.6) is 0 Å². The van der Waals surface area contributed by atoms with Crippen molar-refractivity contribution in [3.05, 3.63) is 24.3 Å². The highest BCUT2D eigenvalue weighted by atomic mass is 31.2. The molecule has 0 fully saturated rings. The van der Waals surface area contributed by atoms with Gasteiger partial charge in [-0.2, -0.15) is 0 Å². The maximum absolute atomic E-state index is 12.9. The smallest absolute Gasteiger partial charge is 0.462 e. The van der Waals surface area contributed by atoms with Crippen LogP contribution in [-0.2, 0) is 32.7 Å². The van der Waals surface area contributed by atoms with Gasteiger partial charge in [0.05, 0.1) is 27.7 Å². The summed E-state index contributed by atoms with van der Waals surface area (Å²) < 4.78 is 34.7. The molecule has 0 aliphatic carbocycles. The number of likely N-dealkylation sites (N-methyl/N-ethyl adjacent to an activating group) is 1. The minimum Gasteiger partial charge on any atom is -0.462 e. The molecule has 0 radical (unpaired) electrons. The van der Waals surface area contributed by atoms with Crippen molar-refractivity contribution in [3.63, 3.8) is 0 Å². The summed E-state index contributed by atoms with van der Waals surface area (Å²) in [6.45, 7) is 4.50. The van der Waals surface area contributed by atoms with Gasteiger partial charge in [-0.1, -0.05) is 314 Å². The number of rotatable bonds is 64. The van der Waals surface area contributed by atoms with E-state index in [1.807, 2.05) is 21.1 Å². The number of carbonyl (C=O) groups is 2. The number of nitrogens with zero attached hydrogens (tertiary/aromatic N) is 1. The van der Waals surface area contributed by atoms with Gasteiger partial charge in [0.25, 0.3) is 0 Å². The third kappa shape index (κ3) is 63.7. The molecule has 0 bridgehead atoms. The van der Waals surface area contributed by atoms with E-state index in [1.54, 1.807) is 0 Å². The summed E-state index contributed by atoms with van der Waals surface area (Å²) in [5, 5.41) is 0. The minimum absolute atomic E-state index is 0.0359. The fourth-order valence-electron chi connectivity index (χ4n) is 10.2. The Bertz CT molecular complexity index is 1370. The van der Waals surface area contributed by atoms with Gasteiger partial charge < -0.3 is 18.9 Å². The molecule has 0 aliphatic heterocycles. The summed E-state index contributed by atoms with van der Waals surface area (Å²) >= 11 is 0. The second kappa shape index (κ2) is 60.1. The quantitative estimate of drug-likeness (QED) is 0.0211. The van der Waals surface area contributed by atoms with Crippen LogP contribution in [-0.4, -0.2) is 74.9 Å². The molecule has 0 saturated carbocycles. The third-order valence-electron chi connectivity index (χ3n) is 15.5. The maximum Gasteiger partial charge on any atom is 0.472 e. The Kier molecular flexibility index (Phi) is 58.9. The summed E-state index contributed by atoms with van der Waals surface area (Å²) in [5.74, 6) is -0.773. The Hall–Kier alpha value is -1.51. The van der Waals surface area contributed by atoms with E-state index in [0.717, 1.165) is 38.5 Å². The van der Waals surface area contributed by atoms with Crippen molar-refractivity contribution in [1.29, 1.82) is 0 Å². The van der Waals surface area contributed by atoms with E-state index >= 15 is 0 Å². The summed E-state index contributed by atoms with van der Waals surface area (Å²) in [5.41, 5.74) is 0. The van der Waals surface area contributed by atoms with Crippen molar-refractivity contribution in [1.82, 2.24) is 0 Å². The summed E-state index contributed by atoms with van der Waals surface area (Å²) in [6, 6.07) is 0. The number of hydrogen-bond acceptors (Lipinski definition) is 7. The molecular formula is C68H133NO8P+. The van der Waals surface area contributed by atoms with Crippen LogP contribution < -0.4 is 0 Å². The zero-order chi connectivity index (χ0) is 57.0. The lowest BCUT2D eigenvalue weighted by atomic mass is 10.0. The average molecular weight is 1120 g/mol. The third-order valence-corrected chi connectivity index (χ3v) is 16.5. The predicted molar refractivity (Wildman–Crippen MR) is 335 cm³/mol. The average Bonchev–Trinajstić information content (AvgIpc) is 3.41. The van der Waals surface area contributed by atoms with Crippen LogP contribution in [0.2, 0.25) is 0 Å². The summed E-state index contributed by atoms with van der Waals surface area (Å²) in [6.07, 6.45) is 74.2. The van der Waals surface area contributed by atoms with Crippen molar-refractivity contribution in [2.75, 3.05) is 47.5 Å². The summed E-state index contributed by atoms with van der Waals surface area (Å²) in [7, 11) is 1.50. The molecule has 0 aromatic rings. The van der Waals surface area contributed by atoms with E-state index in [9.17, 15) is 19.0 Å². The number of phosphoric ester groups is 1. The van der Waals surface area contributed by atoms with Crippen LogP contribution in [0.4, 0.5) is 0 Å². The first-order chi connectivity index (χ1) is 38.0. The fraction of sp³-hybridized carbons (Fsp3) is 0.912. The molecule has 462 valence electrons. The van der Waals surface area contributed by atoms with Crippen LogP contribution >= 0.6 is 7.82 Å². The molecule has 0 amide bonds. The van der Waals surface area contributed by atoms with E-state index < -0.39 is 26.5 Å². The van der Waals surface area contributed by atoms with Crippen LogP contribution in [0.25, 0.3) is 0 Å². The molecule has 78 heavy (non-hydrogen) atoms. The fourth-order valence-corrected chi connectivity index (χ4v) is 11.0. The number of quaternary nitrogens is 1. The van der Waals surface area contributed by atoms with Gasteiger partial charge in [-0.15, -0.1) is 0 Å². The van der Waals surface area contributed by atoms with Gasteiger partial charge in [-0.3, -0.25) is 18.6 Å². The molecule has 2 unspecified atom stereocenters. The van der Waals surface area contributed by atoms with E-state index in [0.29, 0.717) is 23.9 Å². The number of carbonyl (C=O) groups excluding carboxylic acids is 2. The van der Waals surface area contributed by atoms with E-state index in [2.05, 4.69) is 38.2 Å². The number of ether oxygens (including phenoxy) is 2. The Morgan fingerprint density at radius 3 is 1.01 bits per heavy atom. The Morgan fingerprint density at radius 2 is 0.692 bits per heavy atom. The Balaban J connectivity index is 3.98. The highest BCUT2D eigenvalue weighted by molar-refractivity contribution is 7.47. The van der Waals surface area contributed by atoms with Gasteiger partial charge in [0, 0.05) is 12.8 Å². The molecule has 0 rings (SSSR count). The van der Waals surface area contributed by atoms with Crippen LogP contribution in [0.15, 0.2) is 24.3 Å². The molecule has 0 spiro atoms. The Morgan fingerprint density at radius 1 is 0.397 bits per heavy atom. The minimum atomic E-state index is -4.38. The monoisotopic (exact) mass is 1120 g/mol. The molecule has 2 atom stereocenters. The zero-order valence-electron chi connectivity index (χ0n) is 52.7. The predicted octanol–water partition coefficient (Wildman–Crippen LogP) is 21.7. The Labute approximate surface area is 485 Å². The molecule has 1 N–H and O–H groups in total. The van der Waals surface area contributed by atoms with Crippen molar-refractivity contribution in [2.24, 2.45) is 0 Å². The van der Waals surface area contributed by atoms with Crippen molar-refractivity contribution in [3.8, 4) is 0 Å². The number of hydrogen-bond donors (Lipinski definition) is 1. The standard InChI is InChI=1S/C68H132NO8P/c1-6-8-10-12-14-16-18-20-22-24-26-28-29-30-31-32-33-34-35-36-37-38-39-41-43-45-47-49-51-53-55-57-59-61-68(71)77-66(65-76-78(72,73)75-63-62-69(3,4)5)64-74-67(70)60-58-56-54-52-50-48-46-44-42-40-27-25-23-21-19-17-15-13-11-9-7-2/h18,20,24,26,66H,6-17,19,21-23,25,27-65H2,1-5H3/p+1/b20-18-,26-24-. The summed E-state index contributed by atoms with van der Waals surface area (Å²) in [4.78, 5) is 35.8. The number of esters is 2. The molecule has 0 aromatic heterocycles. The first-order valence-corrected chi connectivity index (χ1v) is 35.6. The van der Waals surface area contributed by atoms with Gasteiger partial charge in [0.2, 0.25) is 0 Å². The maximum atomic E-state index is 12.9. The van der Waals surface area contributed by atoms with Gasteiger partial charge >= 0.3 is 19.8 Å². The molecular weight excluding hydrogens is 990 g/mol. The van der Waals surface area contributed by atoms with E-state index in [-0.39, 0.29) is 25.6 Å². The second-order valence-electron chi connectivity index (χ2n) is 24.6. The molecule has 0 aliphatic rings. The van der Waals surface area contributed by atoms with Crippen molar-refractivity contribution in [2.45, 2.75) is 354 Å². The molecule has 0 saturated heterocycles. The van der Waals surface area contributed by atoms with Crippen LogP contribution in [0.3, 0.4) is 0 Å². The lowest BCUT2D eigenvalue weighted by molar-refractivity contribution is -0.870. The van der Waals surface area contributed by atoms with Crippen LogP contribution in [0.1, 0.15) is 348 Å². The lowest BCUT2D eigenvalue weighted by Gasteiger charge is -2.24. The number of allylic oxidation sites excluding steroid dienone is 4. The van der Waals surface area contributed by atoms with Gasteiger partial charge in [-0.05, 0) is 44.9 Å². The SMILES string of the molecule is CCCCCCC/C=C\C/C=C\CCCCCCCCCCCCCCCCCCCCCCCC(=O)OC(COC(=O)CCCCCCCCCCCCCCCCCCCCCCC)COP(=O)(O)OCC[N+](C)(C)C. The van der Waals surface area contributed by atoms with Gasteiger partial charge in [0.15, 0.2) is 6.10 Å². The zero-order valence-corrected chi connectivity index (χ0v) is 53.6. The number of unbranched alkanes of at least 4 members (excludes halogenated alkanes) is 46. The second-order valence-corrected chi connectivity index (χ2v) is 26.0. The molecule has 0 heterocycles. The van der Waals surface area contributed by atoms with Crippen LogP contribution in [0, 0.1) is 0 Å². The van der Waals surface area contributed by atoms with E-state index in [4.69, 9.17) is 18.5 Å². The first-order valence-electron chi connectivity index (χ1n) is 34.1. The molecule has 10 heteroatoms. The van der Waals surface area contributed by atoms with Gasteiger partial charge in [-0.25, -0.2) is 4.57 Å². The lowest BCUT2D eigenvalue weighted by Crippen LogP contribution is -2.37. The highest BCUT2D eigenvalue weighted by Crippen LogP contribution is 2.43. The van der Waals surface area contributed by atoms with E-state index in [1.165, 1.54) is 276 Å². The largest absolute Gasteiger partial charge is 0.472 e. The number of phosphoric acid groups is 1. The highest BCUT2D eigenvalue weighted by Gasteiger charge is 2.27. The van der Waals surface area contributed by atoms with Crippen molar-refractivity contribution >= 4 is 19.8 Å². The molecule has 0 aromatic carbocycles. The molecule has 9 nitrogen and oxygen atoms in total.